The van der Waals surface area contributed by atoms with E-state index in [1.165, 1.54) is 10.8 Å². The summed E-state index contributed by atoms with van der Waals surface area (Å²) in [7, 11) is -4.54. The first-order chi connectivity index (χ1) is 9.15. The van der Waals surface area contributed by atoms with Gasteiger partial charge in [-0.15, -0.1) is 0 Å². The molecular formula is C11H14F4N2O2S. The van der Waals surface area contributed by atoms with Crippen LogP contribution in [0.25, 0.3) is 0 Å². The molecule has 0 fully saturated rings. The van der Waals surface area contributed by atoms with Crippen LogP contribution >= 0.6 is 0 Å². The van der Waals surface area contributed by atoms with Crippen molar-refractivity contribution in [3.05, 3.63) is 29.6 Å². The molecule has 0 aliphatic carbocycles. The van der Waals surface area contributed by atoms with Gasteiger partial charge in [-0.2, -0.15) is 13.2 Å². The van der Waals surface area contributed by atoms with E-state index in [4.69, 9.17) is 0 Å². The fraction of sp³-hybridized carbons (Fsp3) is 0.455. The van der Waals surface area contributed by atoms with Gasteiger partial charge in [-0.05, 0) is 24.2 Å². The first kappa shape index (κ1) is 16.9. The number of nitrogens with one attached hydrogen (secondary N) is 2. The second-order valence-electron chi connectivity index (χ2n) is 3.98. The fourth-order valence-corrected chi connectivity index (χ4v) is 2.53. The molecule has 20 heavy (non-hydrogen) atoms. The molecule has 0 radical (unpaired) electrons. The highest BCUT2D eigenvalue weighted by Gasteiger charge is 2.31. The third kappa shape index (κ3) is 5.06. The zero-order valence-electron chi connectivity index (χ0n) is 10.6. The van der Waals surface area contributed by atoms with Gasteiger partial charge >= 0.3 is 6.18 Å². The SMILES string of the molecule is CCNCc1ccc(F)c(S(=O)(=O)NCC(F)(F)F)c1. The van der Waals surface area contributed by atoms with Crippen LogP contribution in [0.1, 0.15) is 12.5 Å². The average molecular weight is 314 g/mol. The summed E-state index contributed by atoms with van der Waals surface area (Å²) in [5.41, 5.74) is 0.459. The molecule has 0 aliphatic rings. The summed E-state index contributed by atoms with van der Waals surface area (Å²) in [6, 6.07) is 3.28. The quantitative estimate of drug-likeness (QED) is 0.787. The smallest absolute Gasteiger partial charge is 0.313 e. The third-order valence-electron chi connectivity index (χ3n) is 2.33. The largest absolute Gasteiger partial charge is 0.402 e. The van der Waals surface area contributed by atoms with Gasteiger partial charge in [0.15, 0.2) is 0 Å². The Bertz CT molecular complexity index is 558. The maximum absolute atomic E-state index is 13.5. The van der Waals surface area contributed by atoms with E-state index in [2.05, 4.69) is 5.32 Å². The van der Waals surface area contributed by atoms with Crippen LogP contribution in [0.4, 0.5) is 17.6 Å². The van der Waals surface area contributed by atoms with Crippen LogP contribution in [0.2, 0.25) is 0 Å². The molecule has 9 heteroatoms. The summed E-state index contributed by atoms with van der Waals surface area (Å²) >= 11 is 0. The Morgan fingerprint density at radius 3 is 2.45 bits per heavy atom. The Kier molecular flexibility index (Phi) is 5.49. The minimum absolute atomic E-state index is 0.290. The van der Waals surface area contributed by atoms with Crippen molar-refractivity contribution in [2.24, 2.45) is 0 Å². The molecule has 1 aromatic rings. The van der Waals surface area contributed by atoms with Crippen molar-refractivity contribution in [2.75, 3.05) is 13.1 Å². The number of rotatable bonds is 6. The molecule has 0 spiro atoms. The van der Waals surface area contributed by atoms with Crippen LogP contribution in [0.5, 0.6) is 0 Å². The summed E-state index contributed by atoms with van der Waals surface area (Å²) in [4.78, 5) is -0.794. The van der Waals surface area contributed by atoms with Gasteiger partial charge in [0.05, 0.1) is 0 Å². The highest BCUT2D eigenvalue weighted by Crippen LogP contribution is 2.18. The van der Waals surface area contributed by atoms with E-state index in [9.17, 15) is 26.0 Å². The highest BCUT2D eigenvalue weighted by molar-refractivity contribution is 7.89. The summed E-state index contributed by atoms with van der Waals surface area (Å²) < 4.78 is 74.2. The van der Waals surface area contributed by atoms with Crippen LogP contribution < -0.4 is 10.0 Å². The van der Waals surface area contributed by atoms with E-state index in [0.29, 0.717) is 18.7 Å². The Balaban J connectivity index is 2.98. The number of benzene rings is 1. The normalized spacial score (nSPS) is 12.7. The van der Waals surface area contributed by atoms with Crippen LogP contribution in [0.3, 0.4) is 0 Å². The van der Waals surface area contributed by atoms with Gasteiger partial charge in [-0.25, -0.2) is 17.5 Å². The molecule has 0 unspecified atom stereocenters. The highest BCUT2D eigenvalue weighted by atomic mass is 32.2. The second-order valence-corrected chi connectivity index (χ2v) is 5.72. The Morgan fingerprint density at radius 2 is 1.90 bits per heavy atom. The van der Waals surface area contributed by atoms with Gasteiger partial charge in [-0.1, -0.05) is 13.0 Å². The lowest BCUT2D eigenvalue weighted by molar-refractivity contribution is -0.121. The van der Waals surface area contributed by atoms with E-state index < -0.39 is 33.5 Å². The van der Waals surface area contributed by atoms with Gasteiger partial charge < -0.3 is 5.32 Å². The zero-order chi connectivity index (χ0) is 15.4. The van der Waals surface area contributed by atoms with E-state index in [0.717, 1.165) is 12.1 Å². The summed E-state index contributed by atoms with van der Waals surface area (Å²) in [5, 5.41) is 2.90. The van der Waals surface area contributed by atoms with Gasteiger partial charge in [0, 0.05) is 6.54 Å². The molecule has 1 aromatic carbocycles. The Hall–Kier alpha value is -1.19. The van der Waals surface area contributed by atoms with E-state index >= 15 is 0 Å². The molecule has 0 aliphatic heterocycles. The molecule has 0 aromatic heterocycles. The van der Waals surface area contributed by atoms with Crippen molar-refractivity contribution in [1.29, 1.82) is 0 Å². The topological polar surface area (TPSA) is 58.2 Å². The van der Waals surface area contributed by atoms with E-state index in [1.807, 2.05) is 6.92 Å². The molecule has 0 saturated carbocycles. The monoisotopic (exact) mass is 314 g/mol. The van der Waals surface area contributed by atoms with Gasteiger partial charge in [0.1, 0.15) is 17.3 Å². The van der Waals surface area contributed by atoms with Crippen molar-refractivity contribution in [3.63, 3.8) is 0 Å². The third-order valence-corrected chi connectivity index (χ3v) is 3.74. The number of halogens is 4. The standard InChI is InChI=1S/C11H14F4N2O2S/c1-2-16-6-8-3-4-9(12)10(5-8)20(18,19)17-7-11(13,14)15/h3-5,16-17H,2,6-7H2,1H3. The summed E-state index contributed by atoms with van der Waals surface area (Å²) in [6.07, 6.45) is -4.70. The minimum Gasteiger partial charge on any atom is -0.313 e. The molecule has 0 bridgehead atoms. The van der Waals surface area contributed by atoms with Crippen LogP contribution in [-0.4, -0.2) is 27.7 Å². The fourth-order valence-electron chi connectivity index (χ4n) is 1.39. The molecule has 2 N–H and O–H groups in total. The maximum atomic E-state index is 13.5. The lowest BCUT2D eigenvalue weighted by Gasteiger charge is -2.11. The maximum Gasteiger partial charge on any atom is 0.402 e. The van der Waals surface area contributed by atoms with Crippen molar-refractivity contribution >= 4 is 10.0 Å². The number of sulfonamides is 1. The molecule has 0 heterocycles. The van der Waals surface area contributed by atoms with Crippen molar-refractivity contribution in [1.82, 2.24) is 10.0 Å². The summed E-state index contributed by atoms with van der Waals surface area (Å²) in [5.74, 6) is -1.10. The predicted molar refractivity (Wildman–Crippen MR) is 65.0 cm³/mol. The van der Waals surface area contributed by atoms with Crippen LogP contribution in [0, 0.1) is 5.82 Å². The van der Waals surface area contributed by atoms with Crippen LogP contribution in [0.15, 0.2) is 23.1 Å². The van der Waals surface area contributed by atoms with E-state index in [-0.39, 0.29) is 0 Å². The Labute approximate surface area is 114 Å². The average Bonchev–Trinajstić information content (AvgIpc) is 2.34. The molecule has 114 valence electrons. The number of alkyl halides is 3. The zero-order valence-corrected chi connectivity index (χ0v) is 11.4. The molecule has 1 rings (SSSR count). The molecule has 0 amide bonds. The Morgan fingerprint density at radius 1 is 1.25 bits per heavy atom. The van der Waals surface area contributed by atoms with Gasteiger partial charge in [0.25, 0.3) is 0 Å². The van der Waals surface area contributed by atoms with Crippen molar-refractivity contribution in [2.45, 2.75) is 24.5 Å². The molecule has 4 nitrogen and oxygen atoms in total. The lowest BCUT2D eigenvalue weighted by Crippen LogP contribution is -2.34. The second kappa shape index (κ2) is 6.51. The molecular weight excluding hydrogens is 300 g/mol. The van der Waals surface area contributed by atoms with Gasteiger partial charge in [-0.3, -0.25) is 0 Å². The minimum atomic E-state index is -4.70. The molecule has 0 atom stereocenters. The van der Waals surface area contributed by atoms with Crippen LogP contribution in [-0.2, 0) is 16.6 Å². The van der Waals surface area contributed by atoms with Crippen molar-refractivity contribution in [3.8, 4) is 0 Å². The predicted octanol–water partition coefficient (Wildman–Crippen LogP) is 1.78. The van der Waals surface area contributed by atoms with Crippen molar-refractivity contribution < 1.29 is 26.0 Å². The first-order valence-electron chi connectivity index (χ1n) is 5.71. The lowest BCUT2D eigenvalue weighted by atomic mass is 10.2. The number of hydrogen-bond acceptors (Lipinski definition) is 3. The summed E-state index contributed by atoms with van der Waals surface area (Å²) in [6.45, 7) is 0.989. The number of hydrogen-bond donors (Lipinski definition) is 2. The molecule has 0 saturated heterocycles. The van der Waals surface area contributed by atoms with Gasteiger partial charge in [0.2, 0.25) is 10.0 Å². The first-order valence-corrected chi connectivity index (χ1v) is 7.19. The van der Waals surface area contributed by atoms with E-state index in [1.54, 1.807) is 0 Å².